The maximum Gasteiger partial charge on any atom is 0.275 e. The summed E-state index contributed by atoms with van der Waals surface area (Å²) in [5.41, 5.74) is 1.23. The van der Waals surface area contributed by atoms with Gasteiger partial charge in [-0.3, -0.25) is 29.5 Å². The minimum absolute atomic E-state index is 0.0278. The molecule has 3 aromatic heterocycles. The number of H-pyrrole nitrogens is 2. The van der Waals surface area contributed by atoms with E-state index in [1.807, 2.05) is 0 Å². The van der Waals surface area contributed by atoms with Crippen molar-refractivity contribution in [2.24, 2.45) is 7.05 Å². The highest BCUT2D eigenvalue weighted by Gasteiger charge is 2.16. The van der Waals surface area contributed by atoms with Gasteiger partial charge in [-0.25, -0.2) is 9.67 Å². The van der Waals surface area contributed by atoms with Crippen LogP contribution in [0, 0.1) is 17.0 Å². The number of pyridine rings is 1. The highest BCUT2D eigenvalue weighted by molar-refractivity contribution is 7.98. The number of nitro benzene ring substituents is 1. The van der Waals surface area contributed by atoms with Gasteiger partial charge in [-0.2, -0.15) is 4.98 Å². The second kappa shape index (κ2) is 7.05. The van der Waals surface area contributed by atoms with Crippen LogP contribution < -0.4 is 11.1 Å². The Hall–Kier alpha value is -3.67. The largest absolute Gasteiger partial charge is 0.295 e. The van der Waals surface area contributed by atoms with E-state index in [1.54, 1.807) is 26.1 Å². The molecule has 0 aliphatic carbocycles. The standard InChI is InChI=1S/C17H15N7O4S/c1-9-14-12(21-22(2)15(14)26)7-13(25)23(9)16-18-17(20-19-16)29-8-10-3-5-11(6-4-10)24(27)28/h3-7,21H,8H2,1-2H3,(H,18,19,20). The van der Waals surface area contributed by atoms with E-state index in [-0.39, 0.29) is 22.8 Å². The maximum absolute atomic E-state index is 12.5. The quantitative estimate of drug-likeness (QED) is 0.287. The van der Waals surface area contributed by atoms with Gasteiger partial charge in [0.25, 0.3) is 16.8 Å². The zero-order chi connectivity index (χ0) is 20.7. The van der Waals surface area contributed by atoms with Crippen molar-refractivity contribution in [3.05, 3.63) is 72.4 Å². The van der Waals surface area contributed by atoms with Crippen LogP contribution in [0.25, 0.3) is 16.9 Å². The molecule has 29 heavy (non-hydrogen) atoms. The van der Waals surface area contributed by atoms with Gasteiger partial charge >= 0.3 is 0 Å². The fourth-order valence-electron chi connectivity index (χ4n) is 3.02. The first-order valence-electron chi connectivity index (χ1n) is 8.45. The Morgan fingerprint density at radius 3 is 2.66 bits per heavy atom. The van der Waals surface area contributed by atoms with Gasteiger partial charge in [0.2, 0.25) is 11.1 Å². The summed E-state index contributed by atoms with van der Waals surface area (Å²) in [5, 5.41) is 21.2. The summed E-state index contributed by atoms with van der Waals surface area (Å²) < 4.78 is 2.62. The lowest BCUT2D eigenvalue weighted by Gasteiger charge is -2.05. The molecule has 0 spiro atoms. The molecule has 3 heterocycles. The normalized spacial score (nSPS) is 11.2. The van der Waals surface area contributed by atoms with E-state index in [2.05, 4.69) is 20.3 Å². The molecule has 0 bridgehead atoms. The number of nitro groups is 1. The Morgan fingerprint density at radius 1 is 1.24 bits per heavy atom. The third kappa shape index (κ3) is 3.33. The van der Waals surface area contributed by atoms with E-state index in [1.165, 1.54) is 39.2 Å². The molecular formula is C17H15N7O4S. The molecule has 11 nitrogen and oxygen atoms in total. The fraction of sp³-hybridized carbons (Fsp3) is 0.176. The Morgan fingerprint density at radius 2 is 1.97 bits per heavy atom. The van der Waals surface area contributed by atoms with E-state index >= 15 is 0 Å². The molecule has 0 aliphatic heterocycles. The highest BCUT2D eigenvalue weighted by atomic mass is 32.2. The number of hydrogen-bond acceptors (Lipinski definition) is 7. The zero-order valence-electron chi connectivity index (χ0n) is 15.4. The number of hydrogen-bond donors (Lipinski definition) is 2. The second-order valence-electron chi connectivity index (χ2n) is 6.32. The Balaban J connectivity index is 1.61. The van der Waals surface area contributed by atoms with Crippen molar-refractivity contribution in [3.8, 4) is 5.95 Å². The van der Waals surface area contributed by atoms with Gasteiger partial charge in [-0.05, 0) is 12.5 Å². The molecule has 2 N–H and O–H groups in total. The number of aromatic amines is 2. The number of benzene rings is 1. The lowest BCUT2D eigenvalue weighted by molar-refractivity contribution is -0.384. The molecule has 0 fully saturated rings. The lowest BCUT2D eigenvalue weighted by atomic mass is 10.2. The van der Waals surface area contributed by atoms with Crippen molar-refractivity contribution in [2.45, 2.75) is 17.8 Å². The van der Waals surface area contributed by atoms with Gasteiger partial charge in [-0.1, -0.05) is 23.9 Å². The first-order valence-corrected chi connectivity index (χ1v) is 9.44. The summed E-state index contributed by atoms with van der Waals surface area (Å²) in [6, 6.07) is 7.56. The van der Waals surface area contributed by atoms with Crippen LogP contribution in [0.4, 0.5) is 5.69 Å². The molecule has 0 saturated heterocycles. The third-order valence-corrected chi connectivity index (χ3v) is 5.36. The number of aryl methyl sites for hydroxylation is 2. The molecule has 4 rings (SSSR count). The first kappa shape index (κ1) is 18.7. The topological polar surface area (TPSA) is 145 Å². The van der Waals surface area contributed by atoms with Gasteiger partial charge in [0.1, 0.15) is 0 Å². The van der Waals surface area contributed by atoms with E-state index in [0.717, 1.165) is 5.56 Å². The SMILES string of the molecule is Cc1c2c(=O)n(C)[nH]c2cc(=O)n1-c1nc(SCc2ccc([N+](=O)[O-])cc2)n[nH]1. The summed E-state index contributed by atoms with van der Waals surface area (Å²) in [6.07, 6.45) is 0. The molecule has 12 heteroatoms. The van der Waals surface area contributed by atoms with Crippen LogP contribution >= 0.6 is 11.8 Å². The van der Waals surface area contributed by atoms with Crippen molar-refractivity contribution in [1.29, 1.82) is 0 Å². The minimum atomic E-state index is -0.451. The van der Waals surface area contributed by atoms with Crippen LogP contribution in [0.5, 0.6) is 0 Å². The summed E-state index contributed by atoms with van der Waals surface area (Å²) >= 11 is 1.32. The summed E-state index contributed by atoms with van der Waals surface area (Å²) in [6.45, 7) is 1.67. The number of thioether (sulfide) groups is 1. The average molecular weight is 413 g/mol. The highest BCUT2D eigenvalue weighted by Crippen LogP contribution is 2.22. The fourth-order valence-corrected chi connectivity index (χ4v) is 3.77. The molecule has 1 aromatic carbocycles. The Labute approximate surface area is 166 Å². The van der Waals surface area contributed by atoms with Crippen LogP contribution in [0.3, 0.4) is 0 Å². The number of nitrogens with zero attached hydrogens (tertiary/aromatic N) is 5. The van der Waals surface area contributed by atoms with Crippen LogP contribution in [0.15, 0.2) is 45.1 Å². The molecule has 4 aromatic rings. The van der Waals surface area contributed by atoms with E-state index in [9.17, 15) is 19.7 Å². The maximum atomic E-state index is 12.5. The number of fused-ring (bicyclic) bond motifs is 1. The number of nitrogens with one attached hydrogen (secondary N) is 2. The molecule has 0 aliphatic rings. The lowest BCUT2D eigenvalue weighted by Crippen LogP contribution is -2.22. The first-order chi connectivity index (χ1) is 13.8. The van der Waals surface area contributed by atoms with E-state index in [4.69, 9.17) is 0 Å². The van der Waals surface area contributed by atoms with Crippen LogP contribution in [0.2, 0.25) is 0 Å². The number of non-ortho nitro benzene ring substituents is 1. The van der Waals surface area contributed by atoms with E-state index < -0.39 is 4.92 Å². The minimum Gasteiger partial charge on any atom is -0.295 e. The summed E-state index contributed by atoms with van der Waals surface area (Å²) in [5.74, 6) is 0.712. The van der Waals surface area contributed by atoms with Crippen molar-refractivity contribution in [3.63, 3.8) is 0 Å². The van der Waals surface area contributed by atoms with Crippen LogP contribution in [-0.2, 0) is 12.8 Å². The van der Waals surface area contributed by atoms with Crippen molar-refractivity contribution >= 4 is 28.4 Å². The molecule has 0 radical (unpaired) electrons. The average Bonchev–Trinajstić information content (AvgIpc) is 3.25. The Bertz CT molecular complexity index is 1350. The predicted molar refractivity (Wildman–Crippen MR) is 106 cm³/mol. The van der Waals surface area contributed by atoms with Crippen LogP contribution in [-0.4, -0.2) is 34.5 Å². The second-order valence-corrected chi connectivity index (χ2v) is 7.26. The summed E-state index contributed by atoms with van der Waals surface area (Å²) in [4.78, 5) is 39.4. The molecule has 0 saturated carbocycles. The molecule has 148 valence electrons. The molecule has 0 amide bonds. The zero-order valence-corrected chi connectivity index (χ0v) is 16.2. The van der Waals surface area contributed by atoms with Crippen molar-refractivity contribution in [1.82, 2.24) is 29.5 Å². The van der Waals surface area contributed by atoms with Gasteiger partial charge in [0, 0.05) is 36.7 Å². The number of rotatable bonds is 5. The van der Waals surface area contributed by atoms with Crippen molar-refractivity contribution in [2.75, 3.05) is 0 Å². The van der Waals surface area contributed by atoms with Crippen molar-refractivity contribution < 1.29 is 4.92 Å². The van der Waals surface area contributed by atoms with Gasteiger partial charge in [0.05, 0.1) is 15.8 Å². The molecular weight excluding hydrogens is 398 g/mol. The Kier molecular flexibility index (Phi) is 4.54. The van der Waals surface area contributed by atoms with E-state index in [0.29, 0.717) is 27.5 Å². The monoisotopic (exact) mass is 413 g/mol. The molecule has 0 atom stereocenters. The third-order valence-electron chi connectivity index (χ3n) is 4.44. The van der Waals surface area contributed by atoms with Crippen LogP contribution in [0.1, 0.15) is 11.3 Å². The smallest absolute Gasteiger partial charge is 0.275 e. The summed E-state index contributed by atoms with van der Waals surface area (Å²) in [7, 11) is 1.58. The van der Waals surface area contributed by atoms with Gasteiger partial charge in [-0.15, -0.1) is 5.10 Å². The number of aromatic nitrogens is 6. The van der Waals surface area contributed by atoms with Gasteiger partial charge in [0.15, 0.2) is 0 Å². The van der Waals surface area contributed by atoms with Gasteiger partial charge < -0.3 is 0 Å². The predicted octanol–water partition coefficient (Wildman–Crippen LogP) is 1.64. The molecule has 0 unspecified atom stereocenters.